The Hall–Kier alpha value is -0.600. The Morgan fingerprint density at radius 1 is 0.818 bits per heavy atom. The Morgan fingerprint density at radius 3 is 1.86 bits per heavy atom. The summed E-state index contributed by atoms with van der Waals surface area (Å²) in [4.78, 5) is 0. The molecule has 2 nitrogen and oxygen atoms in total. The van der Waals surface area contributed by atoms with E-state index in [1.54, 1.807) is 0 Å². The van der Waals surface area contributed by atoms with E-state index >= 15 is 0 Å². The van der Waals surface area contributed by atoms with Crippen LogP contribution in [0.4, 0.5) is 0 Å². The minimum Gasteiger partial charge on any atom is -0.360 e. The molecule has 3 fully saturated rings. The summed E-state index contributed by atoms with van der Waals surface area (Å²) in [6, 6.07) is 0. The van der Waals surface area contributed by atoms with Crippen LogP contribution < -0.4 is 0 Å². The minimum atomic E-state index is -0.0639. The maximum atomic E-state index is 6.63. The van der Waals surface area contributed by atoms with Crippen molar-refractivity contribution >= 4 is 0 Å². The predicted octanol–water partition coefficient (Wildman–Crippen LogP) is 4.69. The third kappa shape index (κ3) is 1.45. The van der Waals surface area contributed by atoms with Gasteiger partial charge in [-0.25, -0.2) is 0 Å². The monoisotopic (exact) mass is 300 g/mol. The van der Waals surface area contributed by atoms with Crippen LogP contribution in [0.1, 0.15) is 73.1 Å². The van der Waals surface area contributed by atoms with Gasteiger partial charge in [-0.3, -0.25) is 0 Å². The van der Waals surface area contributed by atoms with Crippen LogP contribution in [-0.2, 0) is 9.47 Å². The van der Waals surface area contributed by atoms with Gasteiger partial charge < -0.3 is 9.47 Å². The predicted molar refractivity (Wildman–Crippen MR) is 86.7 cm³/mol. The van der Waals surface area contributed by atoms with Gasteiger partial charge in [0.2, 0.25) is 0 Å². The smallest absolute Gasteiger partial charge is 0.0938 e. The molecule has 5 rings (SSSR count). The van der Waals surface area contributed by atoms with Crippen LogP contribution in [0.15, 0.2) is 22.3 Å². The molecule has 2 aliphatic heterocycles. The molecule has 0 aromatic carbocycles. The van der Waals surface area contributed by atoms with E-state index in [1.165, 1.54) is 54.4 Å². The minimum absolute atomic E-state index is 0.0639. The maximum absolute atomic E-state index is 6.63. The van der Waals surface area contributed by atoms with Crippen molar-refractivity contribution in [3.63, 3.8) is 0 Å². The van der Waals surface area contributed by atoms with Crippen molar-refractivity contribution in [1.29, 1.82) is 0 Å². The van der Waals surface area contributed by atoms with Crippen LogP contribution in [0.25, 0.3) is 0 Å². The fraction of sp³-hybridized carbons (Fsp3) is 0.800. The molecule has 3 atom stereocenters. The SMILES string of the molecule is CC1=C(C)C2(CC2)OC1(C)CC1CC12OC1(CC1)C(C)=C2C. The third-order valence-corrected chi connectivity index (χ3v) is 7.81. The van der Waals surface area contributed by atoms with Crippen molar-refractivity contribution in [2.24, 2.45) is 5.92 Å². The first-order valence-corrected chi connectivity index (χ1v) is 9.04. The number of rotatable bonds is 2. The second kappa shape index (κ2) is 3.57. The molecule has 5 aliphatic rings. The first-order chi connectivity index (χ1) is 10.3. The molecular formula is C20H28O2. The summed E-state index contributed by atoms with van der Waals surface area (Å²) < 4.78 is 13.2. The van der Waals surface area contributed by atoms with Crippen molar-refractivity contribution in [1.82, 2.24) is 0 Å². The van der Waals surface area contributed by atoms with E-state index in [0.717, 1.165) is 6.42 Å². The zero-order chi connectivity index (χ0) is 15.5. The lowest BCUT2D eigenvalue weighted by Gasteiger charge is -2.29. The lowest BCUT2D eigenvalue weighted by Crippen LogP contribution is -2.32. The van der Waals surface area contributed by atoms with Gasteiger partial charge in [0.05, 0.1) is 22.4 Å². The quantitative estimate of drug-likeness (QED) is 0.689. The fourth-order valence-electron chi connectivity index (χ4n) is 5.46. The van der Waals surface area contributed by atoms with Crippen molar-refractivity contribution < 1.29 is 9.47 Å². The molecule has 3 unspecified atom stereocenters. The highest BCUT2D eigenvalue weighted by Crippen LogP contribution is 2.69. The van der Waals surface area contributed by atoms with Crippen molar-refractivity contribution in [2.75, 3.05) is 0 Å². The summed E-state index contributed by atoms with van der Waals surface area (Å²) in [5.74, 6) is 0.643. The molecule has 3 aliphatic carbocycles. The summed E-state index contributed by atoms with van der Waals surface area (Å²) >= 11 is 0. The molecule has 3 saturated carbocycles. The van der Waals surface area contributed by atoms with Gasteiger partial charge in [0.25, 0.3) is 0 Å². The Morgan fingerprint density at radius 2 is 1.36 bits per heavy atom. The summed E-state index contributed by atoms with van der Waals surface area (Å²) in [5, 5.41) is 0. The molecule has 0 bridgehead atoms. The largest absolute Gasteiger partial charge is 0.360 e. The van der Waals surface area contributed by atoms with E-state index in [2.05, 4.69) is 34.6 Å². The molecular weight excluding hydrogens is 272 g/mol. The van der Waals surface area contributed by atoms with Crippen LogP contribution in [-0.4, -0.2) is 22.4 Å². The molecule has 0 N–H and O–H groups in total. The molecule has 0 radical (unpaired) electrons. The summed E-state index contributed by atoms with van der Waals surface area (Å²) in [7, 11) is 0. The van der Waals surface area contributed by atoms with E-state index in [-0.39, 0.29) is 22.4 Å². The second-order valence-corrected chi connectivity index (χ2v) is 8.92. The topological polar surface area (TPSA) is 18.5 Å². The Labute approximate surface area is 133 Å². The van der Waals surface area contributed by atoms with Crippen molar-refractivity contribution in [3.8, 4) is 0 Å². The van der Waals surface area contributed by atoms with Gasteiger partial charge in [-0.2, -0.15) is 0 Å². The van der Waals surface area contributed by atoms with Gasteiger partial charge >= 0.3 is 0 Å². The molecule has 120 valence electrons. The van der Waals surface area contributed by atoms with Crippen LogP contribution in [0, 0.1) is 5.92 Å². The standard InChI is InChI=1S/C20H28O2/c1-12-13(2)18(6-7-18)21-17(12,5)10-16-11-20(16)15(4)14(3)19(22-20)8-9-19/h16H,6-11H2,1-5H3. The molecule has 0 aromatic rings. The van der Waals surface area contributed by atoms with Crippen LogP contribution in [0.2, 0.25) is 0 Å². The van der Waals surface area contributed by atoms with Gasteiger partial charge in [-0.15, -0.1) is 0 Å². The van der Waals surface area contributed by atoms with Gasteiger partial charge in [0.15, 0.2) is 0 Å². The highest BCUT2D eigenvalue weighted by molar-refractivity contribution is 5.46. The van der Waals surface area contributed by atoms with Gasteiger partial charge in [0, 0.05) is 0 Å². The Kier molecular flexibility index (Phi) is 2.24. The average Bonchev–Trinajstić information content (AvgIpc) is 3.36. The highest BCUT2D eigenvalue weighted by Gasteiger charge is 2.70. The van der Waals surface area contributed by atoms with Gasteiger partial charge in [-0.05, 0) is 101 Å². The molecule has 0 aromatic heterocycles. The first-order valence-electron chi connectivity index (χ1n) is 9.04. The van der Waals surface area contributed by atoms with E-state index in [4.69, 9.17) is 9.47 Å². The van der Waals surface area contributed by atoms with Crippen molar-refractivity contribution in [2.45, 2.75) is 95.5 Å². The number of hydrogen-bond acceptors (Lipinski definition) is 2. The maximum Gasteiger partial charge on any atom is 0.0938 e. The summed E-state index contributed by atoms with van der Waals surface area (Å²) in [5.41, 5.74) is 6.35. The number of ether oxygens (including phenoxy) is 2. The van der Waals surface area contributed by atoms with E-state index in [0.29, 0.717) is 5.92 Å². The third-order valence-electron chi connectivity index (χ3n) is 7.81. The molecule has 2 heteroatoms. The first kappa shape index (κ1) is 13.8. The summed E-state index contributed by atoms with van der Waals surface area (Å²) in [6.45, 7) is 11.5. The van der Waals surface area contributed by atoms with Crippen LogP contribution >= 0.6 is 0 Å². The summed E-state index contributed by atoms with van der Waals surface area (Å²) in [6.07, 6.45) is 7.24. The lowest BCUT2D eigenvalue weighted by atomic mass is 9.88. The van der Waals surface area contributed by atoms with E-state index in [1.807, 2.05) is 0 Å². The zero-order valence-electron chi connectivity index (χ0n) is 14.6. The Balaban J connectivity index is 1.39. The van der Waals surface area contributed by atoms with Crippen molar-refractivity contribution in [3.05, 3.63) is 22.3 Å². The highest BCUT2D eigenvalue weighted by atomic mass is 16.5. The second-order valence-electron chi connectivity index (χ2n) is 8.92. The van der Waals surface area contributed by atoms with Gasteiger partial charge in [0.1, 0.15) is 0 Å². The fourth-order valence-corrected chi connectivity index (χ4v) is 5.46. The molecule has 3 spiro atoms. The van der Waals surface area contributed by atoms with Gasteiger partial charge in [-0.1, -0.05) is 0 Å². The lowest BCUT2D eigenvalue weighted by molar-refractivity contribution is -0.0518. The average molecular weight is 300 g/mol. The zero-order valence-corrected chi connectivity index (χ0v) is 14.6. The van der Waals surface area contributed by atoms with Crippen LogP contribution in [0.5, 0.6) is 0 Å². The molecule has 0 saturated heterocycles. The molecule has 2 heterocycles. The normalized spacial score (nSPS) is 46.5. The van der Waals surface area contributed by atoms with Crippen LogP contribution in [0.3, 0.4) is 0 Å². The molecule has 0 amide bonds. The Bertz CT molecular complexity index is 647. The van der Waals surface area contributed by atoms with E-state index in [9.17, 15) is 0 Å². The number of hydrogen-bond donors (Lipinski definition) is 0. The molecule has 22 heavy (non-hydrogen) atoms. The van der Waals surface area contributed by atoms with E-state index < -0.39 is 0 Å².